The van der Waals surface area contributed by atoms with Crippen molar-refractivity contribution >= 4 is 40.7 Å². The van der Waals surface area contributed by atoms with Crippen molar-refractivity contribution in [1.29, 1.82) is 0 Å². The zero-order chi connectivity index (χ0) is 18.3. The molecule has 2 aromatic rings. The molecule has 26 heavy (non-hydrogen) atoms. The lowest BCUT2D eigenvalue weighted by atomic mass is 9.81. The van der Waals surface area contributed by atoms with E-state index < -0.39 is 5.91 Å². The van der Waals surface area contributed by atoms with Crippen LogP contribution in [0.25, 0.3) is 0 Å². The molecule has 2 heterocycles. The number of benzene rings is 1. The maximum Gasteiger partial charge on any atom is 0.291 e. The second kappa shape index (κ2) is 6.61. The summed E-state index contributed by atoms with van der Waals surface area (Å²) in [6, 6.07) is 7.90. The smallest absolute Gasteiger partial charge is 0.291 e. The van der Waals surface area contributed by atoms with Crippen LogP contribution in [0.3, 0.4) is 0 Å². The van der Waals surface area contributed by atoms with Crippen LogP contribution in [-0.2, 0) is 9.59 Å². The van der Waals surface area contributed by atoms with Crippen LogP contribution in [0.2, 0.25) is 5.02 Å². The molecule has 1 N–H and O–H groups in total. The highest BCUT2D eigenvalue weighted by Gasteiger charge is 2.48. The van der Waals surface area contributed by atoms with E-state index in [2.05, 4.69) is 5.32 Å². The Hall–Kier alpha value is -2.60. The van der Waals surface area contributed by atoms with Gasteiger partial charge in [-0.15, -0.1) is 0 Å². The van der Waals surface area contributed by atoms with Gasteiger partial charge in [-0.1, -0.05) is 24.4 Å². The van der Waals surface area contributed by atoms with E-state index >= 15 is 0 Å². The normalized spacial score (nSPS) is 22.4. The largest absolute Gasteiger partial charge is 0.459 e. The van der Waals surface area contributed by atoms with Gasteiger partial charge in [0, 0.05) is 0 Å². The third kappa shape index (κ3) is 2.80. The predicted molar refractivity (Wildman–Crippen MR) is 96.1 cm³/mol. The molecule has 1 aromatic carbocycles. The molecule has 1 aromatic heterocycles. The Kier molecular flexibility index (Phi) is 4.28. The van der Waals surface area contributed by atoms with Crippen molar-refractivity contribution < 1.29 is 18.8 Å². The first-order chi connectivity index (χ1) is 12.6. The van der Waals surface area contributed by atoms with Crippen molar-refractivity contribution in [3.8, 4) is 0 Å². The first-order valence-electron chi connectivity index (χ1n) is 8.58. The molecule has 2 aliphatic rings. The highest BCUT2D eigenvalue weighted by atomic mass is 35.5. The molecule has 1 saturated carbocycles. The number of halogens is 1. The second-order valence-corrected chi connectivity index (χ2v) is 7.01. The Morgan fingerprint density at radius 3 is 2.38 bits per heavy atom. The third-order valence-electron chi connectivity index (χ3n) is 5.05. The van der Waals surface area contributed by atoms with Gasteiger partial charge in [-0.2, -0.15) is 0 Å². The number of nitrogens with one attached hydrogen (secondary N) is 1. The minimum absolute atomic E-state index is 0.150. The van der Waals surface area contributed by atoms with Crippen molar-refractivity contribution in [3.63, 3.8) is 0 Å². The third-order valence-corrected chi connectivity index (χ3v) is 5.36. The van der Waals surface area contributed by atoms with Gasteiger partial charge in [-0.3, -0.25) is 19.3 Å². The lowest BCUT2D eigenvalue weighted by Gasteiger charge is -2.19. The molecule has 1 aliphatic carbocycles. The molecule has 6 nitrogen and oxygen atoms in total. The highest BCUT2D eigenvalue weighted by Crippen LogP contribution is 2.41. The van der Waals surface area contributed by atoms with Crippen molar-refractivity contribution in [2.75, 3.05) is 10.2 Å². The number of rotatable bonds is 3. The zero-order valence-electron chi connectivity index (χ0n) is 13.9. The van der Waals surface area contributed by atoms with Crippen molar-refractivity contribution in [2.45, 2.75) is 25.7 Å². The molecule has 2 atom stereocenters. The average molecular weight is 373 g/mol. The van der Waals surface area contributed by atoms with Gasteiger partial charge >= 0.3 is 0 Å². The molecule has 134 valence electrons. The molecule has 7 heteroatoms. The lowest BCUT2D eigenvalue weighted by molar-refractivity contribution is -0.122. The van der Waals surface area contributed by atoms with E-state index in [9.17, 15) is 14.4 Å². The average Bonchev–Trinajstić information content (AvgIpc) is 3.26. The van der Waals surface area contributed by atoms with Crippen LogP contribution in [0, 0.1) is 11.8 Å². The SMILES string of the molecule is O=C(Nc1ccc(N2C(=O)[C@H]3CCCC[C@@H]3C2=O)cc1Cl)c1ccco1. The Labute approximate surface area is 155 Å². The topological polar surface area (TPSA) is 79.6 Å². The molecule has 4 rings (SSSR count). The number of imide groups is 1. The summed E-state index contributed by atoms with van der Waals surface area (Å²) in [4.78, 5) is 38.6. The summed E-state index contributed by atoms with van der Waals surface area (Å²) in [7, 11) is 0. The summed E-state index contributed by atoms with van der Waals surface area (Å²) in [5.41, 5.74) is 0.823. The van der Waals surface area contributed by atoms with Crippen molar-refractivity contribution in [1.82, 2.24) is 0 Å². The number of carbonyl (C=O) groups excluding carboxylic acids is 3. The number of nitrogens with zero attached hydrogens (tertiary/aromatic N) is 1. The second-order valence-electron chi connectivity index (χ2n) is 6.60. The maximum absolute atomic E-state index is 12.7. The Bertz CT molecular complexity index is 854. The Morgan fingerprint density at radius 2 is 1.81 bits per heavy atom. The molecule has 2 fully saturated rings. The van der Waals surface area contributed by atoms with Crippen LogP contribution in [0.5, 0.6) is 0 Å². The number of carbonyl (C=O) groups is 3. The van der Waals surface area contributed by atoms with Gasteiger partial charge in [0.15, 0.2) is 5.76 Å². The molecular formula is C19H17ClN2O4. The van der Waals surface area contributed by atoms with Crippen molar-refractivity contribution in [3.05, 3.63) is 47.4 Å². The zero-order valence-corrected chi connectivity index (χ0v) is 14.7. The number of fused-ring (bicyclic) bond motifs is 1. The van der Waals surface area contributed by atoms with E-state index in [0.717, 1.165) is 25.7 Å². The molecule has 1 aliphatic heterocycles. The molecule has 0 radical (unpaired) electrons. The van der Waals surface area contributed by atoms with Crippen LogP contribution in [0.15, 0.2) is 41.0 Å². The molecule has 0 spiro atoms. The quantitative estimate of drug-likeness (QED) is 0.829. The number of hydrogen-bond donors (Lipinski definition) is 1. The summed E-state index contributed by atoms with van der Waals surface area (Å²) >= 11 is 6.27. The summed E-state index contributed by atoms with van der Waals surface area (Å²) in [5, 5.41) is 2.90. The summed E-state index contributed by atoms with van der Waals surface area (Å²) in [6.07, 6.45) is 4.89. The van der Waals surface area contributed by atoms with E-state index in [1.165, 1.54) is 17.2 Å². The highest BCUT2D eigenvalue weighted by molar-refractivity contribution is 6.34. The van der Waals surface area contributed by atoms with Gasteiger partial charge in [0.05, 0.1) is 34.5 Å². The first kappa shape index (κ1) is 16.8. The summed E-state index contributed by atoms with van der Waals surface area (Å²) in [6.45, 7) is 0. The number of amides is 3. The van der Waals surface area contributed by atoms with Gasteiger partial charge in [-0.25, -0.2) is 0 Å². The van der Waals surface area contributed by atoms with Gasteiger partial charge in [-0.05, 0) is 43.2 Å². The Balaban J connectivity index is 1.57. The van der Waals surface area contributed by atoms with E-state index in [1.54, 1.807) is 24.3 Å². The van der Waals surface area contributed by atoms with E-state index in [0.29, 0.717) is 11.4 Å². The number of furan rings is 1. The fourth-order valence-corrected chi connectivity index (χ4v) is 3.97. The number of anilines is 2. The van der Waals surface area contributed by atoms with Crippen molar-refractivity contribution in [2.24, 2.45) is 11.8 Å². The van der Waals surface area contributed by atoms with Gasteiger partial charge < -0.3 is 9.73 Å². The predicted octanol–water partition coefficient (Wildman–Crippen LogP) is 3.86. The minimum atomic E-state index is -0.427. The van der Waals surface area contributed by atoms with Crippen LogP contribution < -0.4 is 10.2 Å². The molecule has 0 unspecified atom stereocenters. The molecule has 1 saturated heterocycles. The molecule has 0 bridgehead atoms. The minimum Gasteiger partial charge on any atom is -0.459 e. The fraction of sp³-hybridized carbons (Fsp3) is 0.316. The van der Waals surface area contributed by atoms with Crippen LogP contribution in [-0.4, -0.2) is 17.7 Å². The first-order valence-corrected chi connectivity index (χ1v) is 8.96. The van der Waals surface area contributed by atoms with Crippen LogP contribution in [0.1, 0.15) is 36.2 Å². The summed E-state index contributed by atoms with van der Waals surface area (Å²) in [5.74, 6) is -0.990. The van der Waals surface area contributed by atoms with Gasteiger partial charge in [0.1, 0.15) is 0 Å². The van der Waals surface area contributed by atoms with E-state index in [1.807, 2.05) is 0 Å². The van der Waals surface area contributed by atoms with Crippen LogP contribution in [0.4, 0.5) is 11.4 Å². The van der Waals surface area contributed by atoms with Crippen LogP contribution >= 0.6 is 11.6 Å². The van der Waals surface area contributed by atoms with Gasteiger partial charge in [0.2, 0.25) is 11.8 Å². The van der Waals surface area contributed by atoms with E-state index in [-0.39, 0.29) is 34.4 Å². The standard InChI is InChI=1S/C19H17ClN2O4/c20-14-10-11(7-8-15(14)21-17(23)16-6-3-9-26-16)22-18(24)12-4-1-2-5-13(12)19(22)25/h3,6-10,12-13H,1-2,4-5H2,(H,21,23)/t12-,13-/m0/s1. The molecule has 3 amide bonds. The summed E-state index contributed by atoms with van der Waals surface area (Å²) < 4.78 is 5.04. The van der Waals surface area contributed by atoms with E-state index in [4.69, 9.17) is 16.0 Å². The maximum atomic E-state index is 12.7. The Morgan fingerprint density at radius 1 is 1.12 bits per heavy atom. The lowest BCUT2D eigenvalue weighted by Crippen LogP contribution is -2.30. The number of hydrogen-bond acceptors (Lipinski definition) is 4. The molecular weight excluding hydrogens is 356 g/mol. The monoisotopic (exact) mass is 372 g/mol. The fourth-order valence-electron chi connectivity index (χ4n) is 3.75. The van der Waals surface area contributed by atoms with Gasteiger partial charge in [0.25, 0.3) is 5.91 Å².